The normalized spacial score (nSPS) is 15.4. The Bertz CT molecular complexity index is 985. The predicted octanol–water partition coefficient (Wildman–Crippen LogP) is 3.56. The molecule has 1 aromatic carbocycles. The minimum absolute atomic E-state index is 0.0366. The maximum absolute atomic E-state index is 15.1. The van der Waals surface area contributed by atoms with Crippen molar-refractivity contribution >= 4 is 33.4 Å². The minimum Gasteiger partial charge on any atom is -0.393 e. The highest BCUT2D eigenvalue weighted by Gasteiger charge is 2.48. The Labute approximate surface area is 179 Å². The van der Waals surface area contributed by atoms with Gasteiger partial charge < -0.3 is 19.9 Å². The molecule has 1 fully saturated rings. The van der Waals surface area contributed by atoms with Crippen molar-refractivity contribution < 1.29 is 27.9 Å². The quantitative estimate of drug-likeness (QED) is 0.692. The summed E-state index contributed by atoms with van der Waals surface area (Å²) < 4.78 is 44.4. The number of anilines is 1. The molecule has 30 heavy (non-hydrogen) atoms. The van der Waals surface area contributed by atoms with Gasteiger partial charge in [-0.25, -0.2) is 4.39 Å². The number of piperidine rings is 1. The third-order valence-corrected chi connectivity index (χ3v) is 5.76. The van der Waals surface area contributed by atoms with Crippen LogP contribution in [0.2, 0.25) is 0 Å². The summed E-state index contributed by atoms with van der Waals surface area (Å²) in [6.07, 6.45) is -0.128. The largest absolute Gasteiger partial charge is 0.393 e. The first-order valence-corrected chi connectivity index (χ1v) is 10.1. The van der Waals surface area contributed by atoms with Crippen LogP contribution in [-0.2, 0) is 17.8 Å². The Morgan fingerprint density at radius 1 is 1.23 bits per heavy atom. The van der Waals surface area contributed by atoms with Crippen LogP contribution in [-0.4, -0.2) is 45.6 Å². The number of nitrogens with one attached hydrogen (secondary N) is 1. The lowest BCUT2D eigenvalue weighted by Crippen LogP contribution is -2.47. The molecule has 2 amide bonds. The molecule has 162 valence electrons. The molecule has 0 aliphatic carbocycles. The third-order valence-electron chi connectivity index (χ3n) is 5.15. The molecular formula is C20H21BrF3N3O3. The van der Waals surface area contributed by atoms with Crippen LogP contribution in [0.4, 0.5) is 18.9 Å². The number of rotatable bonds is 4. The lowest BCUT2D eigenvalue weighted by atomic mass is 10.1. The fraction of sp³-hybridized carbons (Fsp3) is 0.400. The molecule has 0 atom stereocenters. The van der Waals surface area contributed by atoms with Crippen LogP contribution >= 0.6 is 15.9 Å². The van der Waals surface area contributed by atoms with E-state index in [1.54, 1.807) is 0 Å². The molecule has 6 nitrogen and oxygen atoms in total. The minimum atomic E-state index is -3.87. The summed E-state index contributed by atoms with van der Waals surface area (Å²) in [5.74, 6) is -6.36. The molecule has 0 radical (unpaired) electrons. The van der Waals surface area contributed by atoms with Gasteiger partial charge in [0, 0.05) is 30.3 Å². The molecule has 1 aromatic heterocycles. The average molecular weight is 488 g/mol. The molecule has 1 aliphatic rings. The first-order chi connectivity index (χ1) is 14.0. The number of aryl methyl sites for hydroxylation is 1. The Balaban J connectivity index is 1.85. The van der Waals surface area contributed by atoms with E-state index < -0.39 is 35.4 Å². The lowest BCUT2D eigenvalue weighted by molar-refractivity contribution is -0.162. The molecule has 0 spiro atoms. The van der Waals surface area contributed by atoms with Gasteiger partial charge in [-0.15, -0.1) is 0 Å². The number of halogens is 4. The topological polar surface area (TPSA) is 74.6 Å². The molecule has 1 aliphatic heterocycles. The second kappa shape index (κ2) is 8.43. The van der Waals surface area contributed by atoms with Gasteiger partial charge in [-0.3, -0.25) is 9.59 Å². The molecular weight excluding hydrogens is 467 g/mol. The van der Waals surface area contributed by atoms with Crippen LogP contribution in [0.5, 0.6) is 0 Å². The van der Waals surface area contributed by atoms with E-state index in [1.165, 1.54) is 38.2 Å². The first-order valence-electron chi connectivity index (χ1n) is 9.30. The molecule has 3 rings (SSSR count). The Hall–Kier alpha value is -2.33. The summed E-state index contributed by atoms with van der Waals surface area (Å²) in [6, 6.07) is 5.19. The summed E-state index contributed by atoms with van der Waals surface area (Å²) in [7, 11) is 1.27. The fourth-order valence-electron chi connectivity index (χ4n) is 3.43. The number of hydrogen-bond donors (Lipinski definition) is 2. The second-order valence-electron chi connectivity index (χ2n) is 7.30. The number of hydrogen-bond acceptors (Lipinski definition) is 3. The van der Waals surface area contributed by atoms with E-state index in [-0.39, 0.29) is 36.1 Å². The van der Waals surface area contributed by atoms with Crippen LogP contribution in [0.1, 0.15) is 34.6 Å². The third kappa shape index (κ3) is 4.24. The van der Waals surface area contributed by atoms with Gasteiger partial charge in [0.25, 0.3) is 11.8 Å². The Morgan fingerprint density at radius 3 is 2.47 bits per heavy atom. The molecule has 0 saturated carbocycles. The monoisotopic (exact) mass is 487 g/mol. The summed E-state index contributed by atoms with van der Waals surface area (Å²) >= 11 is 3.04. The second-order valence-corrected chi connectivity index (χ2v) is 8.16. The zero-order valence-electron chi connectivity index (χ0n) is 16.4. The van der Waals surface area contributed by atoms with Crippen LogP contribution < -0.4 is 5.32 Å². The van der Waals surface area contributed by atoms with Crippen molar-refractivity contribution in [1.82, 2.24) is 9.47 Å². The van der Waals surface area contributed by atoms with E-state index in [2.05, 4.69) is 21.2 Å². The zero-order valence-corrected chi connectivity index (χ0v) is 18.0. The van der Waals surface area contributed by atoms with Crippen molar-refractivity contribution in [2.45, 2.75) is 31.8 Å². The highest BCUT2D eigenvalue weighted by atomic mass is 79.9. The van der Waals surface area contributed by atoms with Crippen LogP contribution in [0.15, 0.2) is 28.7 Å². The van der Waals surface area contributed by atoms with Gasteiger partial charge in [0.2, 0.25) is 0 Å². The molecule has 2 aromatic rings. The number of benzene rings is 1. The Morgan fingerprint density at radius 2 is 1.87 bits per heavy atom. The average Bonchev–Trinajstić information content (AvgIpc) is 2.99. The SMILES string of the molecule is Cc1cc(NC(=O)c2cc(Br)c(C(F)(F)C(=O)N3CCC(O)CC3)n2C)ccc1F. The number of aliphatic hydroxyl groups excluding tert-OH is 1. The lowest BCUT2D eigenvalue weighted by Gasteiger charge is -2.32. The highest BCUT2D eigenvalue weighted by Crippen LogP contribution is 2.38. The fourth-order valence-corrected chi connectivity index (χ4v) is 4.16. The number of amides is 2. The Kier molecular flexibility index (Phi) is 6.28. The number of aromatic nitrogens is 1. The van der Waals surface area contributed by atoms with Crippen LogP contribution in [0.3, 0.4) is 0 Å². The van der Waals surface area contributed by atoms with Crippen LogP contribution in [0, 0.1) is 12.7 Å². The van der Waals surface area contributed by atoms with E-state index in [9.17, 15) is 19.1 Å². The van der Waals surface area contributed by atoms with E-state index in [1.807, 2.05) is 0 Å². The zero-order chi connectivity index (χ0) is 22.2. The smallest absolute Gasteiger partial charge is 0.365 e. The van der Waals surface area contributed by atoms with Gasteiger partial charge in [0.05, 0.1) is 6.10 Å². The maximum Gasteiger partial charge on any atom is 0.365 e. The van der Waals surface area contributed by atoms with E-state index in [0.29, 0.717) is 11.3 Å². The predicted molar refractivity (Wildman–Crippen MR) is 108 cm³/mol. The van der Waals surface area contributed by atoms with Crippen molar-refractivity contribution in [1.29, 1.82) is 0 Å². The standard InChI is InChI=1S/C20H21BrF3N3O3/c1-11-9-12(3-4-15(11)22)25-18(29)16-10-14(21)17(26(16)2)20(23,24)19(30)27-7-5-13(28)6-8-27/h3-4,9-10,13,28H,5-8H2,1-2H3,(H,25,29). The number of likely N-dealkylation sites (tertiary alicyclic amines) is 1. The highest BCUT2D eigenvalue weighted by molar-refractivity contribution is 9.10. The maximum atomic E-state index is 15.1. The number of carbonyl (C=O) groups is 2. The summed E-state index contributed by atoms with van der Waals surface area (Å²) in [5.41, 5.74) is -0.0998. The first kappa shape index (κ1) is 22.4. The number of carbonyl (C=O) groups excluding carboxylic acids is 2. The van der Waals surface area contributed by atoms with Crippen molar-refractivity contribution in [3.8, 4) is 0 Å². The van der Waals surface area contributed by atoms with Gasteiger partial charge >= 0.3 is 5.92 Å². The van der Waals surface area contributed by atoms with Crippen molar-refractivity contribution in [2.24, 2.45) is 7.05 Å². The number of aliphatic hydroxyl groups is 1. The van der Waals surface area contributed by atoms with Crippen molar-refractivity contribution in [2.75, 3.05) is 18.4 Å². The molecule has 0 unspecified atom stereocenters. The number of alkyl halides is 2. The number of nitrogens with zero attached hydrogens (tertiary/aromatic N) is 2. The molecule has 0 bridgehead atoms. The van der Waals surface area contributed by atoms with Crippen molar-refractivity contribution in [3.63, 3.8) is 0 Å². The van der Waals surface area contributed by atoms with Crippen LogP contribution in [0.25, 0.3) is 0 Å². The van der Waals surface area contributed by atoms with E-state index >= 15 is 8.78 Å². The van der Waals surface area contributed by atoms with Gasteiger partial charge in [0.15, 0.2) is 0 Å². The van der Waals surface area contributed by atoms with Gasteiger partial charge in [-0.05, 0) is 65.5 Å². The van der Waals surface area contributed by atoms with E-state index in [0.717, 1.165) is 9.47 Å². The molecule has 2 N–H and O–H groups in total. The molecule has 10 heteroatoms. The van der Waals surface area contributed by atoms with E-state index in [4.69, 9.17) is 0 Å². The summed E-state index contributed by atoms with van der Waals surface area (Å²) in [6.45, 7) is 1.61. The van der Waals surface area contributed by atoms with Gasteiger partial charge in [-0.2, -0.15) is 8.78 Å². The van der Waals surface area contributed by atoms with Gasteiger partial charge in [0.1, 0.15) is 17.2 Å². The van der Waals surface area contributed by atoms with Gasteiger partial charge in [-0.1, -0.05) is 0 Å². The van der Waals surface area contributed by atoms with Crippen molar-refractivity contribution in [3.05, 3.63) is 51.5 Å². The summed E-state index contributed by atoms with van der Waals surface area (Å²) in [5, 5.41) is 12.1. The molecule has 2 heterocycles. The summed E-state index contributed by atoms with van der Waals surface area (Å²) in [4.78, 5) is 26.1. The molecule has 1 saturated heterocycles.